The molecule has 4 aromatic heterocycles. The Kier molecular flexibility index (Phi) is 11.9. The van der Waals surface area contributed by atoms with Gasteiger partial charge in [0, 0.05) is 0 Å². The Morgan fingerprint density at radius 1 is 0.517 bits per heavy atom. The molecule has 4 aromatic carbocycles. The quantitative estimate of drug-likeness (QED) is 0.123. The first-order valence-corrected chi connectivity index (χ1v) is 24.1. The first kappa shape index (κ1) is 44.6. The fraction of sp³-hybridized carbons (Fsp3) is 0.385. The van der Waals surface area contributed by atoms with Crippen molar-refractivity contribution in [3.05, 3.63) is 107 Å². The van der Waals surface area contributed by atoms with Crippen molar-refractivity contribution in [3.8, 4) is 34.0 Å². The van der Waals surface area contributed by atoms with Crippen LogP contribution < -0.4 is 4.74 Å². The minimum absolute atomic E-state index is 0. The topological polar surface area (TPSA) is 60.8 Å². The minimum atomic E-state index is -0.143. The van der Waals surface area contributed by atoms with Crippen LogP contribution in [0.1, 0.15) is 116 Å². The van der Waals surface area contributed by atoms with Crippen LogP contribution >= 0.6 is 0 Å². The van der Waals surface area contributed by atoms with Gasteiger partial charge in [-0.3, -0.25) is 0 Å². The maximum absolute atomic E-state index is 6.91. The summed E-state index contributed by atoms with van der Waals surface area (Å²) in [5, 5.41) is 2.48. The average molecular weight is 1110 g/mol. The summed E-state index contributed by atoms with van der Waals surface area (Å²) in [6.07, 6.45) is 5.52. The molecule has 0 radical (unpaired) electrons. The van der Waals surface area contributed by atoms with Gasteiger partial charge in [0.2, 0.25) is 0 Å². The Morgan fingerprint density at radius 3 is 1.25 bits per heavy atom. The number of nitrogens with zero attached hydrogens (tertiary/aromatic N) is 4. The van der Waals surface area contributed by atoms with Crippen molar-refractivity contribution in [2.75, 3.05) is 0 Å². The fourth-order valence-electron chi connectivity index (χ4n) is 7.98. The summed E-state index contributed by atoms with van der Waals surface area (Å²) in [4.78, 5) is 19.7. The molecule has 8 heteroatoms. The first-order valence-electron chi connectivity index (χ1n) is 20.7. The van der Waals surface area contributed by atoms with E-state index < -0.39 is 0 Å². The van der Waals surface area contributed by atoms with Crippen molar-refractivity contribution in [1.29, 1.82) is 0 Å². The molecule has 0 saturated heterocycles. The molecule has 0 aliphatic rings. The third-order valence-electron chi connectivity index (χ3n) is 11.2. The van der Waals surface area contributed by atoms with Gasteiger partial charge >= 0.3 is 386 Å². The molecule has 0 aliphatic carbocycles. The van der Waals surface area contributed by atoms with Crippen molar-refractivity contribution in [2.45, 2.75) is 121 Å². The summed E-state index contributed by atoms with van der Waals surface area (Å²) in [5.41, 5.74) is 13.9. The van der Waals surface area contributed by atoms with Crippen molar-refractivity contribution >= 4 is 67.9 Å². The van der Waals surface area contributed by atoms with E-state index >= 15 is 0 Å². The Balaban J connectivity index is 0.00000544. The normalized spacial score (nSPS) is 12.8. The number of benzene rings is 4. The van der Waals surface area contributed by atoms with Crippen molar-refractivity contribution in [2.24, 2.45) is 10.8 Å². The maximum Gasteiger partial charge on any atom is 2.00 e. The summed E-state index contributed by atoms with van der Waals surface area (Å²) in [7, 11) is 0. The number of fused-ring (bicyclic) bond motifs is 6. The Morgan fingerprint density at radius 2 is 0.900 bits per heavy atom. The van der Waals surface area contributed by atoms with Crippen LogP contribution in [0.2, 0.25) is 0 Å². The van der Waals surface area contributed by atoms with Gasteiger partial charge in [-0.2, -0.15) is 0 Å². The third kappa shape index (κ3) is 8.91. The maximum atomic E-state index is 6.91. The van der Waals surface area contributed by atoms with E-state index in [-0.39, 0.29) is 71.7 Å². The molecule has 0 unspecified atom stereocenters. The van der Waals surface area contributed by atoms with Crippen molar-refractivity contribution in [3.63, 3.8) is 0 Å². The molecule has 8 aromatic rings. The second-order valence-corrected chi connectivity index (χ2v) is 25.1. The number of ether oxygens (including phenoxy) is 1. The van der Waals surface area contributed by atoms with Gasteiger partial charge in [0.25, 0.3) is 0 Å². The molecule has 4 heterocycles. The second-order valence-electron chi connectivity index (χ2n) is 20.8. The first-order chi connectivity index (χ1) is 27.5. The van der Waals surface area contributed by atoms with Crippen LogP contribution in [0.3, 0.4) is 0 Å². The predicted octanol–water partition coefficient (Wildman–Crippen LogP) is 13.1. The summed E-state index contributed by atoms with van der Waals surface area (Å²) >= 11 is 0.113. The molecule has 0 spiro atoms. The summed E-state index contributed by atoms with van der Waals surface area (Å²) < 4.78 is 12.2. The molecular weight excluding hydrogens is 1050 g/mol. The average Bonchev–Trinajstić information content (AvgIpc) is 3.72. The zero-order valence-electron chi connectivity index (χ0n) is 37.5. The van der Waals surface area contributed by atoms with Gasteiger partial charge in [-0.25, -0.2) is 0 Å². The van der Waals surface area contributed by atoms with Crippen LogP contribution in [0.5, 0.6) is 11.5 Å². The number of rotatable bonds is 6. The zero-order chi connectivity index (χ0) is 42.4. The summed E-state index contributed by atoms with van der Waals surface area (Å²) in [6.45, 7) is 31.9. The van der Waals surface area contributed by atoms with E-state index in [9.17, 15) is 0 Å². The number of aryl methyl sites for hydroxylation is 2. The van der Waals surface area contributed by atoms with Gasteiger partial charge in [0.05, 0.1) is 0 Å². The summed E-state index contributed by atoms with van der Waals surface area (Å²) in [5.74, 6) is 1.29. The Hall–Kier alpha value is -3.43. The molecule has 5 nitrogen and oxygen atoms in total. The van der Waals surface area contributed by atoms with Crippen molar-refractivity contribution in [1.82, 2.24) is 19.9 Å². The smallest absolute Gasteiger partial charge is 2.00 e. The van der Waals surface area contributed by atoms with Gasteiger partial charge in [-0.15, -0.1) is 0 Å². The molecular formula is C52H56N4OPtSe2. The van der Waals surface area contributed by atoms with Crippen LogP contribution in [0, 0.1) is 36.8 Å². The van der Waals surface area contributed by atoms with E-state index in [0.29, 0.717) is 11.5 Å². The third-order valence-corrected chi connectivity index (χ3v) is 16.7. The molecule has 0 atom stereocenters. The van der Waals surface area contributed by atoms with Crippen LogP contribution in [0.25, 0.3) is 61.4 Å². The molecule has 0 amide bonds. The molecule has 8 rings (SSSR count). The molecule has 0 bridgehead atoms. The predicted molar refractivity (Wildman–Crippen MR) is 250 cm³/mol. The second kappa shape index (κ2) is 16.0. The van der Waals surface area contributed by atoms with Gasteiger partial charge in [0.15, 0.2) is 0 Å². The Bertz CT molecular complexity index is 2730. The number of hydrogen-bond acceptors (Lipinski definition) is 5. The number of hydrogen-bond donors (Lipinski definition) is 0. The monoisotopic (exact) mass is 1110 g/mol. The SMILES string of the molecule is Cc1c(CC(C)(C)C)ccc2c1[se]c1c(-c3[c-]c(Oc4[c-]c(-c5ncnc6c5[se]c5c(C)c(CC(C)(C)C)ccc56)cc(C(C)(C)C)c4)cc(C(C)(C)C)c3)ncnc12.[Pt+2]. The van der Waals surface area contributed by atoms with Crippen LogP contribution in [0.15, 0.2) is 61.2 Å². The fourth-order valence-corrected chi connectivity index (χ4v) is 13.4. The standard InChI is InChI=1S/C52H56N4OSe2.Pt/c1-29-31(25-49(3,4)5)15-17-39-43-47(58-45(29)39)41(53-27-55-43)33-19-35(51(9,10)11)23-37(21-33)57-38-22-34(20-36(24-38)52(12,13)14)42-48-44(56-28-54-42)40-18-16-32(26-50(6,7)8)30(2)46(40)59-48;/h15-20,23-24,27-28H,25-26H2,1-14H3;/q-2;+2. The molecule has 0 fully saturated rings. The van der Waals surface area contributed by atoms with Gasteiger partial charge in [0.1, 0.15) is 0 Å². The van der Waals surface area contributed by atoms with Gasteiger partial charge < -0.3 is 0 Å². The summed E-state index contributed by atoms with van der Waals surface area (Å²) in [6, 6.07) is 25.3. The van der Waals surface area contributed by atoms with Crippen LogP contribution in [-0.2, 0) is 44.7 Å². The molecule has 312 valence electrons. The molecule has 0 aliphatic heterocycles. The van der Waals surface area contributed by atoms with E-state index in [1.54, 1.807) is 12.7 Å². The largest absolute Gasteiger partial charge is 2.00 e. The van der Waals surface area contributed by atoms with Crippen molar-refractivity contribution < 1.29 is 25.8 Å². The van der Waals surface area contributed by atoms with E-state index in [0.717, 1.165) is 57.5 Å². The molecule has 60 heavy (non-hydrogen) atoms. The zero-order valence-corrected chi connectivity index (χ0v) is 43.2. The molecule has 0 N–H and O–H groups in total. The van der Waals surface area contributed by atoms with Gasteiger partial charge in [-0.05, 0) is 0 Å². The van der Waals surface area contributed by atoms with E-state index in [1.165, 1.54) is 50.1 Å². The number of aromatic nitrogens is 4. The van der Waals surface area contributed by atoms with E-state index in [1.807, 2.05) is 0 Å². The van der Waals surface area contributed by atoms with Crippen LogP contribution in [-0.4, -0.2) is 48.9 Å². The molecule has 0 saturated carbocycles. The van der Waals surface area contributed by atoms with E-state index in [4.69, 9.17) is 24.7 Å². The Labute approximate surface area is 383 Å². The minimum Gasteiger partial charge on any atom is 2.00 e. The van der Waals surface area contributed by atoms with E-state index in [2.05, 4.69) is 158 Å². The van der Waals surface area contributed by atoms with Gasteiger partial charge in [-0.1, -0.05) is 0 Å². The van der Waals surface area contributed by atoms with Crippen LogP contribution in [0.4, 0.5) is 0 Å².